The molecule has 0 bridgehead atoms. The molecule has 0 saturated carbocycles. The molecule has 3 heterocycles. The van der Waals surface area contributed by atoms with Crippen molar-refractivity contribution in [2.24, 2.45) is 0 Å². The summed E-state index contributed by atoms with van der Waals surface area (Å²) in [6.45, 7) is 0. The van der Waals surface area contributed by atoms with Gasteiger partial charge in [-0.15, -0.1) is 0 Å². The Morgan fingerprint density at radius 3 is 2.76 bits per heavy atom. The zero-order valence-electron chi connectivity index (χ0n) is 15.3. The van der Waals surface area contributed by atoms with Crippen LogP contribution < -0.4 is 10.1 Å². The van der Waals surface area contributed by atoms with Crippen LogP contribution in [0.5, 0.6) is 0 Å². The van der Waals surface area contributed by atoms with Crippen LogP contribution in [-0.2, 0) is 4.74 Å². The van der Waals surface area contributed by atoms with Crippen LogP contribution in [0.25, 0.3) is 33.4 Å². The third kappa shape index (κ3) is 2.83. The van der Waals surface area contributed by atoms with Crippen molar-refractivity contribution in [3.05, 3.63) is 86.9 Å². The predicted molar refractivity (Wildman–Crippen MR) is 111 cm³/mol. The summed E-state index contributed by atoms with van der Waals surface area (Å²) in [4.78, 5) is 30.0. The number of carbonyl (C=O) groups is 1. The summed E-state index contributed by atoms with van der Waals surface area (Å²) < 4.78 is 12.9. The molecule has 2 aromatic carbocycles. The van der Waals surface area contributed by atoms with Gasteiger partial charge in [0, 0.05) is 11.6 Å². The lowest BCUT2D eigenvalue weighted by molar-refractivity contribution is 0.0601. The molecule has 0 amide bonds. The van der Waals surface area contributed by atoms with Crippen molar-refractivity contribution in [3.63, 3.8) is 0 Å². The lowest BCUT2D eigenvalue weighted by Gasteiger charge is -2.04. The molecule has 0 N–H and O–H groups in total. The maximum absolute atomic E-state index is 12.9. The van der Waals surface area contributed by atoms with Gasteiger partial charge in [0.2, 0.25) is 0 Å². The topological polar surface area (TPSA) is 73.8 Å². The molecule has 0 fully saturated rings. The summed E-state index contributed by atoms with van der Waals surface area (Å²) in [5, 5.41) is 0. The van der Waals surface area contributed by atoms with Gasteiger partial charge in [0.1, 0.15) is 16.1 Å². The number of methoxy groups -OCH3 is 1. The molecular formula is C22H14N2O4S. The van der Waals surface area contributed by atoms with Gasteiger partial charge in [-0.1, -0.05) is 41.7 Å². The number of esters is 1. The second-order valence-corrected chi connectivity index (χ2v) is 7.38. The summed E-state index contributed by atoms with van der Waals surface area (Å²) in [6, 6.07) is 18.1. The zero-order valence-corrected chi connectivity index (χ0v) is 16.1. The van der Waals surface area contributed by atoms with Crippen LogP contribution in [0.15, 0.2) is 69.9 Å². The first-order chi connectivity index (χ1) is 14.2. The quantitative estimate of drug-likeness (QED) is 0.432. The molecule has 5 aromatic rings. The number of imidazole rings is 1. The Labute approximate surface area is 168 Å². The zero-order chi connectivity index (χ0) is 20.0. The van der Waals surface area contributed by atoms with E-state index in [4.69, 9.17) is 9.15 Å². The van der Waals surface area contributed by atoms with Gasteiger partial charge in [-0.25, -0.2) is 14.2 Å². The van der Waals surface area contributed by atoms with Crippen molar-refractivity contribution in [1.29, 1.82) is 0 Å². The number of furan rings is 1. The van der Waals surface area contributed by atoms with E-state index in [1.807, 2.05) is 30.3 Å². The highest BCUT2D eigenvalue weighted by molar-refractivity contribution is 7.15. The van der Waals surface area contributed by atoms with Crippen molar-refractivity contribution in [3.8, 4) is 11.3 Å². The first-order valence-corrected chi connectivity index (χ1v) is 9.66. The van der Waals surface area contributed by atoms with Crippen LogP contribution in [-0.4, -0.2) is 22.5 Å². The molecule has 0 spiro atoms. The fourth-order valence-electron chi connectivity index (χ4n) is 3.30. The molecule has 0 aliphatic rings. The number of ether oxygens (including phenoxy) is 1. The van der Waals surface area contributed by atoms with Crippen LogP contribution >= 0.6 is 11.3 Å². The molecule has 0 aliphatic carbocycles. The van der Waals surface area contributed by atoms with Crippen LogP contribution in [0.4, 0.5) is 0 Å². The normalized spacial score (nSPS) is 12.1. The molecule has 0 radical (unpaired) electrons. The van der Waals surface area contributed by atoms with Gasteiger partial charge >= 0.3 is 5.97 Å². The number of thiazole rings is 1. The third-order valence-electron chi connectivity index (χ3n) is 4.64. The highest BCUT2D eigenvalue weighted by Crippen LogP contribution is 2.26. The minimum absolute atomic E-state index is 0.133. The lowest BCUT2D eigenvalue weighted by Crippen LogP contribution is -2.22. The Morgan fingerprint density at radius 1 is 1.10 bits per heavy atom. The molecule has 0 unspecified atom stereocenters. The number of hydrogen-bond donors (Lipinski definition) is 0. The van der Waals surface area contributed by atoms with Gasteiger partial charge in [-0.3, -0.25) is 4.79 Å². The lowest BCUT2D eigenvalue weighted by atomic mass is 10.1. The van der Waals surface area contributed by atoms with Crippen molar-refractivity contribution < 1.29 is 13.9 Å². The molecule has 0 saturated heterocycles. The smallest absolute Gasteiger partial charge is 0.338 e. The van der Waals surface area contributed by atoms with E-state index in [-0.39, 0.29) is 5.56 Å². The molecule has 3 aromatic heterocycles. The van der Waals surface area contributed by atoms with Crippen LogP contribution in [0.1, 0.15) is 16.1 Å². The van der Waals surface area contributed by atoms with Crippen molar-refractivity contribution in [2.75, 3.05) is 7.11 Å². The van der Waals surface area contributed by atoms with E-state index in [0.29, 0.717) is 32.1 Å². The van der Waals surface area contributed by atoms with E-state index in [2.05, 4.69) is 4.98 Å². The molecular weight excluding hydrogens is 388 g/mol. The van der Waals surface area contributed by atoms with E-state index < -0.39 is 5.97 Å². The van der Waals surface area contributed by atoms with Gasteiger partial charge in [0.25, 0.3) is 5.56 Å². The average Bonchev–Trinajstić information content (AvgIpc) is 3.43. The maximum Gasteiger partial charge on any atom is 0.338 e. The van der Waals surface area contributed by atoms with Gasteiger partial charge in [-0.05, 0) is 30.3 Å². The van der Waals surface area contributed by atoms with Crippen molar-refractivity contribution in [2.45, 2.75) is 0 Å². The van der Waals surface area contributed by atoms with E-state index >= 15 is 0 Å². The molecule has 29 heavy (non-hydrogen) atoms. The molecule has 0 atom stereocenters. The first-order valence-electron chi connectivity index (χ1n) is 8.85. The van der Waals surface area contributed by atoms with Gasteiger partial charge < -0.3 is 9.15 Å². The molecule has 5 rings (SSSR count). The summed E-state index contributed by atoms with van der Waals surface area (Å²) in [6.07, 6.45) is 1.70. The van der Waals surface area contributed by atoms with Crippen LogP contribution in [0.3, 0.4) is 0 Å². The standard InChI is InChI=1S/C22H14N2O4S/c1-27-21(26)15-7-3-2-6-14(15)18-11-10-13(28-18)12-19-20(25)24-17-9-5-4-8-16(17)23-22(24)29-19/h2-12H,1H3. The number of rotatable bonds is 3. The van der Waals surface area contributed by atoms with Crippen LogP contribution in [0, 0.1) is 0 Å². The van der Waals surface area contributed by atoms with Gasteiger partial charge in [0.05, 0.1) is 23.7 Å². The predicted octanol–water partition coefficient (Wildman–Crippen LogP) is 3.50. The summed E-state index contributed by atoms with van der Waals surface area (Å²) in [5.41, 5.74) is 2.50. The van der Waals surface area contributed by atoms with E-state index in [0.717, 1.165) is 11.0 Å². The molecule has 6 nitrogen and oxygen atoms in total. The second-order valence-electron chi connectivity index (χ2n) is 6.37. The highest BCUT2D eigenvalue weighted by atomic mass is 32.1. The molecule has 142 valence electrons. The minimum Gasteiger partial charge on any atom is -0.465 e. The maximum atomic E-state index is 12.9. The third-order valence-corrected chi connectivity index (χ3v) is 5.61. The second kappa shape index (κ2) is 6.72. The number of nitrogens with zero attached hydrogens (tertiary/aromatic N) is 2. The summed E-state index contributed by atoms with van der Waals surface area (Å²) >= 11 is 1.31. The fraction of sp³-hybridized carbons (Fsp3) is 0.0455. The van der Waals surface area contributed by atoms with Gasteiger partial charge in [0.15, 0.2) is 4.96 Å². The Kier molecular flexibility index (Phi) is 4.03. The van der Waals surface area contributed by atoms with E-state index in [1.165, 1.54) is 18.4 Å². The monoisotopic (exact) mass is 402 g/mol. The summed E-state index contributed by atoms with van der Waals surface area (Å²) in [5.74, 6) is 0.609. The Balaban J connectivity index is 1.61. The van der Waals surface area contributed by atoms with E-state index in [9.17, 15) is 9.59 Å². The SMILES string of the molecule is COC(=O)c1ccccc1-c1ccc(C=c2sc3nc4ccccc4n3c2=O)o1. The van der Waals surface area contributed by atoms with Crippen molar-refractivity contribution in [1.82, 2.24) is 9.38 Å². The highest BCUT2D eigenvalue weighted by Gasteiger charge is 2.15. The number of benzene rings is 2. The molecule has 7 heteroatoms. The Bertz CT molecular complexity index is 1490. The Morgan fingerprint density at radius 2 is 1.90 bits per heavy atom. The fourth-order valence-corrected chi connectivity index (χ4v) is 4.27. The van der Waals surface area contributed by atoms with Gasteiger partial charge in [-0.2, -0.15) is 0 Å². The largest absolute Gasteiger partial charge is 0.465 e. The number of fused-ring (bicyclic) bond motifs is 3. The Hall–Kier alpha value is -3.71. The number of hydrogen-bond acceptors (Lipinski definition) is 6. The minimum atomic E-state index is -0.435. The summed E-state index contributed by atoms with van der Waals surface area (Å²) in [7, 11) is 1.34. The average molecular weight is 402 g/mol. The number of aromatic nitrogens is 2. The van der Waals surface area contributed by atoms with Crippen LogP contribution in [0.2, 0.25) is 0 Å². The number of para-hydroxylation sites is 2. The van der Waals surface area contributed by atoms with E-state index in [1.54, 1.807) is 40.8 Å². The molecule has 0 aliphatic heterocycles. The first kappa shape index (κ1) is 17.4. The number of carbonyl (C=O) groups excluding carboxylic acids is 1. The van der Waals surface area contributed by atoms with Crippen molar-refractivity contribution >= 4 is 39.4 Å².